The van der Waals surface area contributed by atoms with Crippen molar-refractivity contribution in [2.24, 2.45) is 0 Å². The summed E-state index contributed by atoms with van der Waals surface area (Å²) in [5.74, 6) is -0.545. The number of quaternary nitrogens is 1. The number of nitrogens with zero attached hydrogens (tertiary/aromatic N) is 1. The smallest absolute Gasteiger partial charge is 0.306 e. The maximum Gasteiger partial charge on any atom is 0.306 e. The number of carbonyl (C=O) groups is 2. The molecule has 0 spiro atoms. The van der Waals surface area contributed by atoms with Gasteiger partial charge in [-0.1, -0.05) is 255 Å². The van der Waals surface area contributed by atoms with E-state index >= 15 is 0 Å². The minimum Gasteiger partial charge on any atom is -0.756 e. The van der Waals surface area contributed by atoms with E-state index in [4.69, 9.17) is 13.8 Å². The van der Waals surface area contributed by atoms with E-state index in [2.05, 4.69) is 74.7 Å². The number of hydrogen-bond donors (Lipinski definition) is 1. The first kappa shape index (κ1) is 74.7. The molecule has 0 aliphatic carbocycles. The molecule has 0 heterocycles. The fourth-order valence-corrected chi connectivity index (χ4v) is 10.1. The number of amides is 1. The van der Waals surface area contributed by atoms with E-state index in [0.29, 0.717) is 17.4 Å². The zero-order valence-corrected chi connectivity index (χ0v) is 52.3. The van der Waals surface area contributed by atoms with Crippen molar-refractivity contribution in [1.82, 2.24) is 5.32 Å². The molecular formula is C67H125N2O7P. The Morgan fingerprint density at radius 1 is 0.455 bits per heavy atom. The number of hydrogen-bond acceptors (Lipinski definition) is 7. The molecule has 0 rings (SSSR count). The summed E-state index contributed by atoms with van der Waals surface area (Å²) in [7, 11) is 1.18. The van der Waals surface area contributed by atoms with Crippen molar-refractivity contribution in [2.75, 3.05) is 40.9 Å². The number of phosphoric ester groups is 1. The van der Waals surface area contributed by atoms with Crippen LogP contribution in [-0.2, 0) is 27.9 Å². The molecule has 3 unspecified atom stereocenters. The highest BCUT2D eigenvalue weighted by Gasteiger charge is 2.27. The van der Waals surface area contributed by atoms with Gasteiger partial charge in [0.25, 0.3) is 7.82 Å². The Labute approximate surface area is 477 Å². The van der Waals surface area contributed by atoms with Gasteiger partial charge < -0.3 is 28.5 Å². The summed E-state index contributed by atoms with van der Waals surface area (Å²) in [6.45, 7) is 6.82. The van der Waals surface area contributed by atoms with E-state index in [9.17, 15) is 19.0 Å². The van der Waals surface area contributed by atoms with Gasteiger partial charge in [0.15, 0.2) is 0 Å². The van der Waals surface area contributed by atoms with Crippen molar-refractivity contribution in [3.8, 4) is 0 Å². The zero-order valence-electron chi connectivity index (χ0n) is 51.4. The van der Waals surface area contributed by atoms with Crippen LogP contribution < -0.4 is 10.2 Å². The monoisotopic (exact) mass is 1100 g/mol. The first-order chi connectivity index (χ1) is 37.4. The molecule has 0 saturated carbocycles. The number of rotatable bonds is 59. The van der Waals surface area contributed by atoms with Crippen LogP contribution in [-0.4, -0.2) is 69.4 Å². The number of carbonyl (C=O) groups excluding carboxylic acids is 2. The molecule has 0 aliphatic heterocycles. The predicted octanol–water partition coefficient (Wildman–Crippen LogP) is 19.6. The van der Waals surface area contributed by atoms with Crippen molar-refractivity contribution < 1.29 is 37.3 Å². The Balaban J connectivity index is 5.17. The van der Waals surface area contributed by atoms with E-state index < -0.39 is 26.6 Å². The number of likely N-dealkylation sites (N-methyl/N-ethyl adjacent to an activating group) is 1. The van der Waals surface area contributed by atoms with Gasteiger partial charge in [0.05, 0.1) is 33.8 Å². The largest absolute Gasteiger partial charge is 0.756 e. The minimum atomic E-state index is -4.70. The maximum absolute atomic E-state index is 13.5. The normalized spacial score (nSPS) is 14.0. The maximum atomic E-state index is 13.5. The Morgan fingerprint density at radius 3 is 1.22 bits per heavy atom. The second-order valence-corrected chi connectivity index (χ2v) is 24.7. The van der Waals surface area contributed by atoms with Crippen LogP contribution in [0.3, 0.4) is 0 Å². The van der Waals surface area contributed by atoms with Crippen molar-refractivity contribution in [2.45, 2.75) is 315 Å². The molecule has 0 aromatic rings. The third-order valence-corrected chi connectivity index (χ3v) is 15.4. The van der Waals surface area contributed by atoms with Gasteiger partial charge in [-0.2, -0.15) is 0 Å². The fourth-order valence-electron chi connectivity index (χ4n) is 9.35. The summed E-state index contributed by atoms with van der Waals surface area (Å²) >= 11 is 0. The molecule has 3 atom stereocenters. The van der Waals surface area contributed by atoms with E-state index in [-0.39, 0.29) is 24.9 Å². The molecular weight excluding hydrogens is 976 g/mol. The Morgan fingerprint density at radius 2 is 0.792 bits per heavy atom. The average molecular weight is 1100 g/mol. The molecule has 1 N–H and O–H groups in total. The summed E-state index contributed by atoms with van der Waals surface area (Å²) in [6, 6.07) is -0.894. The second kappa shape index (κ2) is 57.0. The molecule has 10 heteroatoms. The Hall–Kier alpha value is -2.29. The third-order valence-electron chi connectivity index (χ3n) is 14.4. The number of esters is 1. The van der Waals surface area contributed by atoms with Gasteiger partial charge in [-0.3, -0.25) is 14.2 Å². The van der Waals surface area contributed by atoms with Crippen molar-refractivity contribution in [3.63, 3.8) is 0 Å². The van der Waals surface area contributed by atoms with Crippen LogP contribution in [0.15, 0.2) is 60.8 Å². The summed E-state index contributed by atoms with van der Waals surface area (Å²) in [5.41, 5.74) is 0. The lowest BCUT2D eigenvalue weighted by Gasteiger charge is -2.30. The van der Waals surface area contributed by atoms with Crippen LogP contribution in [0.2, 0.25) is 0 Å². The van der Waals surface area contributed by atoms with Crippen LogP contribution >= 0.6 is 7.82 Å². The highest BCUT2D eigenvalue weighted by atomic mass is 31.2. The zero-order chi connectivity index (χ0) is 56.4. The minimum absolute atomic E-state index is 0.0249. The van der Waals surface area contributed by atoms with Crippen LogP contribution in [0.5, 0.6) is 0 Å². The number of ether oxygens (including phenoxy) is 1. The van der Waals surface area contributed by atoms with Gasteiger partial charge >= 0.3 is 5.97 Å². The molecule has 0 aromatic heterocycles. The summed E-state index contributed by atoms with van der Waals surface area (Å²) in [6.07, 6.45) is 71.8. The van der Waals surface area contributed by atoms with Gasteiger partial charge in [-0.15, -0.1) is 0 Å². The molecule has 0 aliphatic rings. The standard InChI is InChI=1S/C67H125N2O7P/c1-7-10-13-16-19-22-25-27-29-31-33-34-36-37-39-41-44-47-50-53-56-59-66(70)68-64(63-75-77(72,73)74-62-61-69(4,5)6)65(58-55-52-49-46-43-24-21-18-15-12-9-3)76-67(71)60-57-54-51-48-45-42-40-38-35-32-30-28-26-23-20-17-14-11-8-2/h19,22,27-30,33-34,55,58,64-65H,7-18,20-21,23-26,31-32,35-54,56-57,59-63H2,1-6H3,(H-,68,70,72,73)/b22-19-,29-27-,30-28+,34-33-,58-55+. The van der Waals surface area contributed by atoms with E-state index in [1.165, 1.54) is 186 Å². The van der Waals surface area contributed by atoms with Crippen LogP contribution in [0.1, 0.15) is 303 Å². The van der Waals surface area contributed by atoms with Gasteiger partial charge in [0.1, 0.15) is 19.3 Å². The SMILES string of the molecule is CCCCC/C=C\C/C=C\C/C=C\CCCCCCCCCCC(=O)NC(COP(=O)([O-])OCC[N+](C)(C)C)C(/C=C/CCCCCCCCCCC)OC(=O)CCCCCCCCCCC/C=C/CCCCCCCC. The molecule has 1 amide bonds. The van der Waals surface area contributed by atoms with E-state index in [1.807, 2.05) is 33.3 Å². The second-order valence-electron chi connectivity index (χ2n) is 23.3. The molecule has 0 aromatic carbocycles. The molecule has 77 heavy (non-hydrogen) atoms. The number of nitrogens with one attached hydrogen (secondary N) is 1. The Kier molecular flexibility index (Phi) is 55.3. The first-order valence-electron chi connectivity index (χ1n) is 32.6. The topological polar surface area (TPSA) is 114 Å². The number of allylic oxidation sites excluding steroid dienone is 9. The molecule has 9 nitrogen and oxygen atoms in total. The van der Waals surface area contributed by atoms with Crippen molar-refractivity contribution in [1.29, 1.82) is 0 Å². The lowest BCUT2D eigenvalue weighted by Crippen LogP contribution is -2.47. The van der Waals surface area contributed by atoms with Crippen molar-refractivity contribution in [3.05, 3.63) is 60.8 Å². The third kappa shape index (κ3) is 58.2. The molecule has 0 bridgehead atoms. The van der Waals surface area contributed by atoms with Crippen molar-refractivity contribution >= 4 is 19.7 Å². The van der Waals surface area contributed by atoms with Gasteiger partial charge in [0.2, 0.25) is 5.91 Å². The summed E-state index contributed by atoms with van der Waals surface area (Å²) in [4.78, 5) is 40.0. The van der Waals surface area contributed by atoms with E-state index in [0.717, 1.165) is 83.5 Å². The van der Waals surface area contributed by atoms with Gasteiger partial charge in [-0.25, -0.2) is 0 Å². The molecule has 0 saturated heterocycles. The van der Waals surface area contributed by atoms with E-state index in [1.54, 1.807) is 0 Å². The Bertz CT molecular complexity index is 1500. The van der Waals surface area contributed by atoms with Crippen LogP contribution in [0.4, 0.5) is 0 Å². The highest BCUT2D eigenvalue weighted by molar-refractivity contribution is 7.45. The van der Waals surface area contributed by atoms with Gasteiger partial charge in [0, 0.05) is 12.8 Å². The number of unbranched alkanes of at least 4 members (excludes halogenated alkanes) is 35. The predicted molar refractivity (Wildman–Crippen MR) is 330 cm³/mol. The summed E-state index contributed by atoms with van der Waals surface area (Å²) in [5, 5.41) is 3.03. The lowest BCUT2D eigenvalue weighted by molar-refractivity contribution is -0.870. The average Bonchev–Trinajstić information content (AvgIpc) is 3.39. The fraction of sp³-hybridized carbons (Fsp3) is 0.821. The lowest BCUT2D eigenvalue weighted by atomic mass is 10.0. The van der Waals surface area contributed by atoms with Gasteiger partial charge in [-0.05, 0) is 96.0 Å². The first-order valence-corrected chi connectivity index (χ1v) is 34.1. The van der Waals surface area contributed by atoms with Crippen LogP contribution in [0, 0.1) is 0 Å². The number of phosphoric acid groups is 1. The quantitative estimate of drug-likeness (QED) is 0.0212. The molecule has 450 valence electrons. The summed E-state index contributed by atoms with van der Waals surface area (Å²) < 4.78 is 30.3. The highest BCUT2D eigenvalue weighted by Crippen LogP contribution is 2.38. The molecule has 0 radical (unpaired) electrons. The molecule has 0 fully saturated rings. The van der Waals surface area contributed by atoms with Crippen LogP contribution in [0.25, 0.3) is 0 Å².